The van der Waals surface area contributed by atoms with Gasteiger partial charge in [0.25, 0.3) is 5.91 Å². The van der Waals surface area contributed by atoms with E-state index in [1.54, 1.807) is 34.6 Å². The summed E-state index contributed by atoms with van der Waals surface area (Å²) in [4.78, 5) is 30.9. The van der Waals surface area contributed by atoms with Crippen LogP contribution in [-0.2, 0) is 11.3 Å². The van der Waals surface area contributed by atoms with Crippen molar-refractivity contribution in [3.8, 4) is 5.75 Å². The summed E-state index contributed by atoms with van der Waals surface area (Å²) in [5, 5.41) is 12.7. The maximum absolute atomic E-state index is 14.1. The predicted octanol–water partition coefficient (Wildman–Crippen LogP) is 5.07. The molecule has 38 heavy (non-hydrogen) atoms. The van der Waals surface area contributed by atoms with Crippen molar-refractivity contribution in [3.63, 3.8) is 0 Å². The number of amides is 2. The highest BCUT2D eigenvalue weighted by atomic mass is 35.5. The summed E-state index contributed by atoms with van der Waals surface area (Å²) in [5.41, 5.74) is -0.265. The van der Waals surface area contributed by atoms with Crippen LogP contribution in [0.2, 0.25) is 5.02 Å². The number of aromatic nitrogens is 2. The first-order valence-corrected chi connectivity index (χ1v) is 12.3. The third-order valence-electron chi connectivity index (χ3n) is 5.78. The number of imidazole rings is 1. The third kappa shape index (κ3) is 6.70. The maximum Gasteiger partial charge on any atom is 0.407 e. The Bertz CT molecular complexity index is 1300. The molecule has 2 N–H and O–H groups in total. The molecule has 1 unspecified atom stereocenters. The number of halogens is 3. The summed E-state index contributed by atoms with van der Waals surface area (Å²) in [5.74, 6) is -1.92. The number of hydrogen-bond donors (Lipinski definition) is 2. The van der Waals surface area contributed by atoms with E-state index >= 15 is 0 Å². The summed E-state index contributed by atoms with van der Waals surface area (Å²) >= 11 is 6.28. The molecule has 0 saturated heterocycles. The van der Waals surface area contributed by atoms with Crippen molar-refractivity contribution in [2.24, 2.45) is 0 Å². The molecule has 2 amide bonds. The monoisotopic (exact) mass is 552 g/mol. The molecule has 0 aliphatic rings. The molecule has 0 fully saturated rings. The minimum Gasteiger partial charge on any atom is -0.485 e. The van der Waals surface area contributed by atoms with E-state index < -0.39 is 41.8 Å². The van der Waals surface area contributed by atoms with Gasteiger partial charge in [-0.2, -0.15) is 0 Å². The number of aryl methyl sites for hydroxylation is 1. The molecule has 3 rings (SSSR count). The number of fused-ring (bicyclic) bond motifs is 1. The fourth-order valence-electron chi connectivity index (χ4n) is 3.91. The fourth-order valence-corrected chi connectivity index (χ4v) is 4.11. The van der Waals surface area contributed by atoms with Gasteiger partial charge in [0.2, 0.25) is 0 Å². The molecule has 206 valence electrons. The lowest BCUT2D eigenvalue weighted by Gasteiger charge is -2.36. The molecule has 0 bridgehead atoms. The van der Waals surface area contributed by atoms with Gasteiger partial charge in [-0.1, -0.05) is 17.7 Å². The van der Waals surface area contributed by atoms with E-state index in [-0.39, 0.29) is 40.8 Å². The van der Waals surface area contributed by atoms with Crippen molar-refractivity contribution in [1.29, 1.82) is 0 Å². The Morgan fingerprint density at radius 3 is 2.50 bits per heavy atom. The van der Waals surface area contributed by atoms with Crippen LogP contribution in [0.5, 0.6) is 5.75 Å². The Morgan fingerprint density at radius 2 is 1.92 bits per heavy atom. The molecule has 1 aromatic carbocycles. The van der Waals surface area contributed by atoms with Crippen molar-refractivity contribution in [2.75, 3.05) is 19.8 Å². The van der Waals surface area contributed by atoms with E-state index in [0.717, 1.165) is 12.1 Å². The normalized spacial score (nSPS) is 12.4. The van der Waals surface area contributed by atoms with E-state index in [0.29, 0.717) is 12.3 Å². The van der Waals surface area contributed by atoms with Gasteiger partial charge in [-0.05, 0) is 46.8 Å². The first kappa shape index (κ1) is 29.1. The Morgan fingerprint density at radius 1 is 1.26 bits per heavy atom. The molecule has 0 saturated carbocycles. The number of carboxylic acid groups (broad SMARTS) is 1. The molecule has 12 heteroatoms. The molecule has 2 aromatic heterocycles. The van der Waals surface area contributed by atoms with Crippen molar-refractivity contribution >= 4 is 29.2 Å². The van der Waals surface area contributed by atoms with Gasteiger partial charge in [0.1, 0.15) is 23.9 Å². The standard InChI is InChI=1S/C26H31ClF2N4O5/c1-6-37-13-17(12-33(25(35)36)26(3,4)5)31-24(34)22-15(2)30-23-21(10-16(27)11-32(22)23)38-14-18-19(28)8-7-9-20(18)29/h7-11,17H,6,12-14H2,1-5H3,(H,31,34)(H,35,36). The first-order valence-electron chi connectivity index (χ1n) is 12.0. The largest absolute Gasteiger partial charge is 0.485 e. The number of nitrogens with zero attached hydrogens (tertiary/aromatic N) is 3. The Hall–Kier alpha value is -3.44. The van der Waals surface area contributed by atoms with Gasteiger partial charge in [-0.15, -0.1) is 0 Å². The molecule has 0 aliphatic carbocycles. The van der Waals surface area contributed by atoms with Crippen LogP contribution in [0.15, 0.2) is 30.5 Å². The van der Waals surface area contributed by atoms with Gasteiger partial charge in [0, 0.05) is 31.0 Å². The van der Waals surface area contributed by atoms with E-state index in [1.165, 1.54) is 27.6 Å². The lowest BCUT2D eigenvalue weighted by molar-refractivity contribution is 0.0621. The molecular weight excluding hydrogens is 522 g/mol. The number of nitrogens with one attached hydrogen (secondary N) is 1. The lowest BCUT2D eigenvalue weighted by Crippen LogP contribution is -2.54. The molecule has 0 spiro atoms. The van der Waals surface area contributed by atoms with E-state index in [4.69, 9.17) is 21.1 Å². The molecular formula is C26H31ClF2N4O5. The summed E-state index contributed by atoms with van der Waals surface area (Å²) in [6.45, 7) is 8.71. The minimum absolute atomic E-state index is 0.0102. The van der Waals surface area contributed by atoms with Crippen LogP contribution in [0.4, 0.5) is 13.6 Å². The SMILES string of the molecule is CCOCC(CN(C(=O)O)C(C)(C)C)NC(=O)c1c(C)nc2c(OCc3c(F)cccc3F)cc(Cl)cn12. The number of ether oxygens (including phenoxy) is 2. The second-order valence-electron chi connectivity index (χ2n) is 9.64. The smallest absolute Gasteiger partial charge is 0.407 e. The first-order chi connectivity index (χ1) is 17.8. The molecule has 3 aromatic rings. The Balaban J connectivity index is 1.92. The molecule has 2 heterocycles. The average molecular weight is 553 g/mol. The number of benzene rings is 1. The third-order valence-corrected chi connectivity index (χ3v) is 5.98. The van der Waals surface area contributed by atoms with Crippen molar-refractivity contribution < 1.29 is 33.0 Å². The van der Waals surface area contributed by atoms with Gasteiger partial charge in [0.05, 0.1) is 28.9 Å². The molecule has 0 radical (unpaired) electrons. The average Bonchev–Trinajstić information content (AvgIpc) is 3.14. The maximum atomic E-state index is 14.1. The summed E-state index contributed by atoms with van der Waals surface area (Å²) < 4.78 is 40.7. The minimum atomic E-state index is -1.13. The topological polar surface area (TPSA) is 105 Å². The highest BCUT2D eigenvalue weighted by molar-refractivity contribution is 6.30. The van der Waals surface area contributed by atoms with Gasteiger partial charge in [-0.3, -0.25) is 9.20 Å². The number of carbonyl (C=O) groups is 2. The second-order valence-corrected chi connectivity index (χ2v) is 10.1. The fraction of sp³-hybridized carbons (Fsp3) is 0.423. The van der Waals surface area contributed by atoms with Crippen molar-refractivity contribution in [1.82, 2.24) is 19.6 Å². The Kier molecular flexibility index (Phi) is 9.16. The summed E-state index contributed by atoms with van der Waals surface area (Å²) in [7, 11) is 0. The van der Waals surface area contributed by atoms with Crippen LogP contribution in [-0.4, -0.2) is 62.7 Å². The van der Waals surface area contributed by atoms with E-state index in [9.17, 15) is 23.5 Å². The van der Waals surface area contributed by atoms with E-state index in [2.05, 4.69) is 10.3 Å². The highest BCUT2D eigenvalue weighted by Crippen LogP contribution is 2.28. The predicted molar refractivity (Wildman–Crippen MR) is 138 cm³/mol. The highest BCUT2D eigenvalue weighted by Gasteiger charge is 2.30. The van der Waals surface area contributed by atoms with Gasteiger partial charge in [0.15, 0.2) is 11.4 Å². The number of hydrogen-bond acceptors (Lipinski definition) is 5. The molecule has 0 aliphatic heterocycles. The van der Waals surface area contributed by atoms with Crippen molar-refractivity contribution in [3.05, 3.63) is 64.1 Å². The zero-order valence-electron chi connectivity index (χ0n) is 21.8. The van der Waals surface area contributed by atoms with Crippen LogP contribution in [0.25, 0.3) is 5.65 Å². The number of rotatable bonds is 10. The molecule has 1 atom stereocenters. The summed E-state index contributed by atoms with van der Waals surface area (Å²) in [6.07, 6.45) is 0.345. The zero-order valence-corrected chi connectivity index (χ0v) is 22.6. The van der Waals surface area contributed by atoms with Crippen LogP contribution in [0.3, 0.4) is 0 Å². The number of carbonyl (C=O) groups excluding carboxylic acids is 1. The summed E-state index contributed by atoms with van der Waals surface area (Å²) in [6, 6.07) is 4.28. The lowest BCUT2D eigenvalue weighted by atomic mass is 10.1. The van der Waals surface area contributed by atoms with Crippen LogP contribution < -0.4 is 10.1 Å². The quantitative estimate of drug-likeness (QED) is 0.364. The van der Waals surface area contributed by atoms with E-state index in [1.807, 2.05) is 0 Å². The van der Waals surface area contributed by atoms with Gasteiger partial charge < -0.3 is 24.8 Å². The zero-order chi connectivity index (χ0) is 28.2. The number of pyridine rings is 1. The Labute approximate surface area is 224 Å². The van der Waals surface area contributed by atoms with Crippen LogP contribution in [0.1, 0.15) is 49.4 Å². The van der Waals surface area contributed by atoms with Crippen molar-refractivity contribution in [2.45, 2.75) is 52.8 Å². The van der Waals surface area contributed by atoms with Gasteiger partial charge in [-0.25, -0.2) is 18.6 Å². The molecule has 9 nitrogen and oxygen atoms in total. The van der Waals surface area contributed by atoms with Gasteiger partial charge >= 0.3 is 6.09 Å². The second kappa shape index (κ2) is 12.0. The van der Waals surface area contributed by atoms with Crippen LogP contribution in [0, 0.1) is 18.6 Å². The van der Waals surface area contributed by atoms with Crippen LogP contribution >= 0.6 is 11.6 Å².